The highest BCUT2D eigenvalue weighted by Crippen LogP contribution is 2.21. The maximum absolute atomic E-state index is 13.6. The zero-order valence-corrected chi connectivity index (χ0v) is 22.1. The minimum Gasteiger partial charge on any atom is -0.352 e. The van der Waals surface area contributed by atoms with Gasteiger partial charge in [0.15, 0.2) is 0 Å². The van der Waals surface area contributed by atoms with Crippen molar-refractivity contribution < 1.29 is 18.0 Å². The number of carbonyl (C=O) groups is 2. The zero-order chi connectivity index (χ0) is 25.6. The van der Waals surface area contributed by atoms with E-state index in [2.05, 4.69) is 5.32 Å². The van der Waals surface area contributed by atoms with E-state index in [9.17, 15) is 18.0 Å². The molecule has 3 rings (SSSR count). The average molecular weight is 520 g/mol. The van der Waals surface area contributed by atoms with E-state index >= 15 is 0 Å². The predicted octanol–water partition coefficient (Wildman–Crippen LogP) is 4.28. The molecule has 1 fully saturated rings. The SMILES string of the molecule is Cc1ccc(N(CC(=O)N(Cc2ccc(Cl)cc2)[C@@H](C)C(=O)NC2CCCCC2)S(C)(=O)=O)cc1. The number of carbonyl (C=O) groups excluding carboxylic acids is 2. The molecule has 0 heterocycles. The monoisotopic (exact) mass is 519 g/mol. The number of nitrogens with zero attached hydrogens (tertiary/aromatic N) is 2. The Morgan fingerprint density at radius 3 is 2.20 bits per heavy atom. The Labute approximate surface area is 213 Å². The molecule has 1 N–H and O–H groups in total. The van der Waals surface area contributed by atoms with Gasteiger partial charge in [-0.1, -0.05) is 60.7 Å². The van der Waals surface area contributed by atoms with Gasteiger partial charge in [-0.25, -0.2) is 8.42 Å². The van der Waals surface area contributed by atoms with Gasteiger partial charge in [0.1, 0.15) is 12.6 Å². The van der Waals surface area contributed by atoms with Crippen molar-refractivity contribution >= 4 is 39.1 Å². The van der Waals surface area contributed by atoms with Crippen molar-refractivity contribution in [1.82, 2.24) is 10.2 Å². The minimum atomic E-state index is -3.74. The fourth-order valence-electron chi connectivity index (χ4n) is 4.26. The standard InChI is InChI=1S/C26H34ClN3O4S/c1-19-9-15-24(16-10-19)30(35(3,33)34)18-25(31)29(17-21-11-13-22(27)14-12-21)20(2)26(32)28-23-7-5-4-6-8-23/h9-16,20,23H,4-8,17-18H2,1-3H3,(H,28,32)/t20-/m0/s1. The summed E-state index contributed by atoms with van der Waals surface area (Å²) in [6, 6.07) is 13.3. The second-order valence-electron chi connectivity index (χ2n) is 9.27. The first kappa shape index (κ1) is 27.0. The Morgan fingerprint density at radius 1 is 1.03 bits per heavy atom. The molecule has 1 aliphatic carbocycles. The Bertz CT molecular complexity index is 1110. The first-order chi connectivity index (χ1) is 16.5. The van der Waals surface area contributed by atoms with Gasteiger partial charge in [0.05, 0.1) is 11.9 Å². The summed E-state index contributed by atoms with van der Waals surface area (Å²) in [6.45, 7) is 3.33. The number of anilines is 1. The van der Waals surface area contributed by atoms with Gasteiger partial charge in [-0.15, -0.1) is 0 Å². The Morgan fingerprint density at radius 2 is 1.63 bits per heavy atom. The number of hydrogen-bond donors (Lipinski definition) is 1. The molecule has 1 atom stereocenters. The lowest BCUT2D eigenvalue weighted by Crippen LogP contribution is -2.52. The first-order valence-corrected chi connectivity index (χ1v) is 14.2. The molecule has 0 aromatic heterocycles. The van der Waals surface area contributed by atoms with Crippen molar-refractivity contribution in [2.75, 3.05) is 17.1 Å². The van der Waals surface area contributed by atoms with Crippen LogP contribution in [0.3, 0.4) is 0 Å². The molecule has 190 valence electrons. The van der Waals surface area contributed by atoms with Crippen LogP contribution in [0.25, 0.3) is 0 Å². The Hall–Kier alpha value is -2.58. The molecule has 35 heavy (non-hydrogen) atoms. The average Bonchev–Trinajstić information content (AvgIpc) is 2.82. The lowest BCUT2D eigenvalue weighted by molar-refractivity contribution is -0.139. The molecular formula is C26H34ClN3O4S. The molecule has 0 spiro atoms. The molecule has 1 saturated carbocycles. The number of nitrogens with one attached hydrogen (secondary N) is 1. The summed E-state index contributed by atoms with van der Waals surface area (Å²) in [5.41, 5.74) is 2.17. The molecule has 0 unspecified atom stereocenters. The predicted molar refractivity (Wildman–Crippen MR) is 140 cm³/mol. The third kappa shape index (κ3) is 7.70. The van der Waals surface area contributed by atoms with Crippen LogP contribution >= 0.6 is 11.6 Å². The van der Waals surface area contributed by atoms with E-state index < -0.39 is 28.5 Å². The summed E-state index contributed by atoms with van der Waals surface area (Å²) in [4.78, 5) is 28.1. The largest absolute Gasteiger partial charge is 0.352 e. The van der Waals surface area contributed by atoms with Gasteiger partial charge >= 0.3 is 0 Å². The maximum Gasteiger partial charge on any atom is 0.244 e. The molecule has 0 bridgehead atoms. The van der Waals surface area contributed by atoms with E-state index in [1.54, 1.807) is 55.5 Å². The van der Waals surface area contributed by atoms with E-state index in [0.717, 1.165) is 47.4 Å². The number of rotatable bonds is 9. The molecular weight excluding hydrogens is 486 g/mol. The van der Waals surface area contributed by atoms with Crippen LogP contribution in [0, 0.1) is 6.92 Å². The van der Waals surface area contributed by atoms with Gasteiger partial charge in [-0.2, -0.15) is 0 Å². The van der Waals surface area contributed by atoms with Crippen molar-refractivity contribution in [2.24, 2.45) is 0 Å². The number of sulfonamides is 1. The van der Waals surface area contributed by atoms with Gasteiger partial charge in [0, 0.05) is 17.6 Å². The summed E-state index contributed by atoms with van der Waals surface area (Å²) in [5, 5.41) is 3.65. The van der Waals surface area contributed by atoms with E-state index in [1.807, 2.05) is 6.92 Å². The molecule has 0 radical (unpaired) electrons. The summed E-state index contributed by atoms with van der Waals surface area (Å²) in [5.74, 6) is -0.697. The highest BCUT2D eigenvalue weighted by Gasteiger charge is 2.31. The summed E-state index contributed by atoms with van der Waals surface area (Å²) >= 11 is 6.01. The highest BCUT2D eigenvalue weighted by molar-refractivity contribution is 7.92. The third-order valence-corrected chi connectivity index (χ3v) is 7.78. The van der Waals surface area contributed by atoms with Crippen LogP contribution in [-0.4, -0.2) is 50.0 Å². The molecule has 1 aliphatic rings. The van der Waals surface area contributed by atoms with E-state index in [-0.39, 0.29) is 18.5 Å². The third-order valence-electron chi connectivity index (χ3n) is 6.39. The number of benzene rings is 2. The van der Waals surface area contributed by atoms with E-state index in [4.69, 9.17) is 11.6 Å². The van der Waals surface area contributed by atoms with Crippen molar-refractivity contribution in [1.29, 1.82) is 0 Å². The normalized spacial score (nSPS) is 15.3. The number of amides is 2. The van der Waals surface area contributed by atoms with Crippen molar-refractivity contribution in [3.63, 3.8) is 0 Å². The first-order valence-electron chi connectivity index (χ1n) is 11.9. The minimum absolute atomic E-state index is 0.103. The van der Waals surface area contributed by atoms with Gasteiger partial charge < -0.3 is 10.2 Å². The van der Waals surface area contributed by atoms with Gasteiger partial charge in [0.2, 0.25) is 21.8 Å². The van der Waals surface area contributed by atoms with Crippen LogP contribution in [0.15, 0.2) is 48.5 Å². The van der Waals surface area contributed by atoms with Gasteiger partial charge in [-0.3, -0.25) is 13.9 Å². The molecule has 7 nitrogen and oxygen atoms in total. The summed E-state index contributed by atoms with van der Waals surface area (Å²) < 4.78 is 26.3. The molecule has 2 aromatic rings. The smallest absolute Gasteiger partial charge is 0.244 e. The maximum atomic E-state index is 13.6. The number of hydrogen-bond acceptors (Lipinski definition) is 4. The molecule has 2 amide bonds. The van der Waals surface area contributed by atoms with Crippen LogP contribution in [0.5, 0.6) is 0 Å². The topological polar surface area (TPSA) is 86.8 Å². The van der Waals surface area contributed by atoms with Crippen molar-refractivity contribution in [2.45, 2.75) is 64.6 Å². The van der Waals surface area contributed by atoms with Crippen LogP contribution in [0.2, 0.25) is 5.02 Å². The second kappa shape index (κ2) is 11.9. The van der Waals surface area contributed by atoms with Crippen LogP contribution in [0.4, 0.5) is 5.69 Å². The van der Waals surface area contributed by atoms with Crippen LogP contribution in [0.1, 0.15) is 50.2 Å². The van der Waals surface area contributed by atoms with Gasteiger partial charge in [-0.05, 0) is 56.5 Å². The quantitative estimate of drug-likeness (QED) is 0.535. The molecule has 0 aliphatic heterocycles. The molecule has 0 saturated heterocycles. The summed E-state index contributed by atoms with van der Waals surface area (Å²) in [7, 11) is -3.74. The summed E-state index contributed by atoms with van der Waals surface area (Å²) in [6.07, 6.45) is 6.25. The van der Waals surface area contributed by atoms with Gasteiger partial charge in [0.25, 0.3) is 0 Å². The highest BCUT2D eigenvalue weighted by atomic mass is 35.5. The van der Waals surface area contributed by atoms with Crippen molar-refractivity contribution in [3.05, 3.63) is 64.7 Å². The number of halogens is 1. The second-order valence-corrected chi connectivity index (χ2v) is 11.6. The van der Waals surface area contributed by atoms with Crippen LogP contribution in [-0.2, 0) is 26.2 Å². The van der Waals surface area contributed by atoms with E-state index in [0.29, 0.717) is 10.7 Å². The molecule has 9 heteroatoms. The lowest BCUT2D eigenvalue weighted by atomic mass is 9.95. The molecule has 2 aromatic carbocycles. The van der Waals surface area contributed by atoms with Crippen LogP contribution < -0.4 is 9.62 Å². The fourth-order valence-corrected chi connectivity index (χ4v) is 5.24. The Kier molecular flexibility index (Phi) is 9.19. The fraction of sp³-hybridized carbons (Fsp3) is 0.462. The van der Waals surface area contributed by atoms with E-state index in [1.165, 1.54) is 11.3 Å². The zero-order valence-electron chi connectivity index (χ0n) is 20.5. The Balaban J connectivity index is 1.85. The number of aryl methyl sites for hydroxylation is 1. The van der Waals surface area contributed by atoms with Crippen molar-refractivity contribution in [3.8, 4) is 0 Å². The lowest BCUT2D eigenvalue weighted by Gasteiger charge is -2.33.